The van der Waals surface area contributed by atoms with Crippen molar-refractivity contribution in [3.05, 3.63) is 0 Å². The Bertz CT molecular complexity index is 389. The van der Waals surface area contributed by atoms with Crippen molar-refractivity contribution in [1.82, 2.24) is 9.80 Å². The molecule has 0 aromatic carbocycles. The Morgan fingerprint density at radius 3 is 2.70 bits per heavy atom. The number of rotatable bonds is 1. The molecule has 1 saturated carbocycles. The van der Waals surface area contributed by atoms with Crippen molar-refractivity contribution in [2.24, 2.45) is 0 Å². The van der Waals surface area contributed by atoms with Gasteiger partial charge in [0.05, 0.1) is 26.4 Å². The zero-order valence-electron chi connectivity index (χ0n) is 12.1. The number of halogens is 1. The number of amides is 1. The van der Waals surface area contributed by atoms with E-state index in [1.165, 1.54) is 0 Å². The van der Waals surface area contributed by atoms with Gasteiger partial charge in [-0.2, -0.15) is 0 Å². The third kappa shape index (κ3) is 2.56. The number of carbonyl (C=O) groups excluding carboxylic acids is 1. The first-order valence-corrected chi connectivity index (χ1v) is 7.42. The fraction of sp³-hybridized carbons (Fsp3) is 0.929. The molecule has 1 aliphatic carbocycles. The van der Waals surface area contributed by atoms with Gasteiger partial charge in [-0.25, -0.2) is 4.39 Å². The Morgan fingerprint density at radius 1 is 1.20 bits per heavy atom. The quantitative estimate of drug-likeness (QED) is 0.701. The molecule has 1 atom stereocenters. The first-order chi connectivity index (χ1) is 9.53. The largest absolute Gasteiger partial charge is 0.377 e. The summed E-state index contributed by atoms with van der Waals surface area (Å²) < 4.78 is 25.9. The van der Waals surface area contributed by atoms with E-state index in [0.717, 1.165) is 19.5 Å². The van der Waals surface area contributed by atoms with E-state index in [1.807, 2.05) is 7.05 Å². The van der Waals surface area contributed by atoms with Crippen LogP contribution in [0.4, 0.5) is 4.39 Å². The summed E-state index contributed by atoms with van der Waals surface area (Å²) in [6.07, 6.45) is 1.54. The van der Waals surface area contributed by atoms with E-state index in [0.29, 0.717) is 45.8 Å². The summed E-state index contributed by atoms with van der Waals surface area (Å²) in [6.45, 7) is 4.09. The summed E-state index contributed by atoms with van der Waals surface area (Å²) in [5, 5.41) is 0. The van der Waals surface area contributed by atoms with Crippen LogP contribution in [-0.2, 0) is 14.3 Å². The molecule has 20 heavy (non-hydrogen) atoms. The van der Waals surface area contributed by atoms with Gasteiger partial charge < -0.3 is 19.3 Å². The molecular weight excluding hydrogens is 263 g/mol. The van der Waals surface area contributed by atoms with E-state index in [9.17, 15) is 9.18 Å². The predicted octanol–water partition coefficient (Wildman–Crippen LogP) is 0.438. The minimum Gasteiger partial charge on any atom is -0.377 e. The number of carbonyl (C=O) groups is 1. The zero-order chi connectivity index (χ0) is 14.2. The maximum Gasteiger partial charge on any atom is 0.260 e. The van der Waals surface area contributed by atoms with Gasteiger partial charge in [0.1, 0.15) is 5.60 Å². The summed E-state index contributed by atoms with van der Waals surface area (Å²) in [7, 11) is 2.02. The Kier molecular flexibility index (Phi) is 3.73. The SMILES string of the molecule is CN1CCOCC2(C1)CN(C(=O)C1(F)CCC1)CCO2. The predicted molar refractivity (Wildman–Crippen MR) is 71.3 cm³/mol. The van der Waals surface area contributed by atoms with Gasteiger partial charge in [0, 0.05) is 19.6 Å². The van der Waals surface area contributed by atoms with Crippen molar-refractivity contribution in [2.75, 3.05) is 53.0 Å². The molecule has 3 rings (SSSR count). The summed E-state index contributed by atoms with van der Waals surface area (Å²) in [5.74, 6) is -0.349. The van der Waals surface area contributed by atoms with Gasteiger partial charge in [0.2, 0.25) is 0 Å². The summed E-state index contributed by atoms with van der Waals surface area (Å²) in [4.78, 5) is 16.1. The van der Waals surface area contributed by atoms with Crippen LogP contribution in [0.5, 0.6) is 0 Å². The molecule has 0 N–H and O–H groups in total. The molecule has 3 aliphatic rings. The van der Waals surface area contributed by atoms with Crippen LogP contribution < -0.4 is 0 Å². The van der Waals surface area contributed by atoms with Gasteiger partial charge in [-0.1, -0.05) is 0 Å². The van der Waals surface area contributed by atoms with E-state index in [4.69, 9.17) is 9.47 Å². The van der Waals surface area contributed by atoms with Crippen LogP contribution in [0.2, 0.25) is 0 Å². The second-order valence-electron chi connectivity index (χ2n) is 6.37. The van der Waals surface area contributed by atoms with E-state index < -0.39 is 11.3 Å². The Morgan fingerprint density at radius 2 is 2.00 bits per heavy atom. The van der Waals surface area contributed by atoms with Gasteiger partial charge in [0.15, 0.2) is 5.67 Å². The van der Waals surface area contributed by atoms with Gasteiger partial charge in [-0.15, -0.1) is 0 Å². The highest BCUT2D eigenvalue weighted by Gasteiger charge is 2.50. The number of hydrogen-bond acceptors (Lipinski definition) is 4. The van der Waals surface area contributed by atoms with Gasteiger partial charge in [-0.3, -0.25) is 4.79 Å². The summed E-state index contributed by atoms with van der Waals surface area (Å²) >= 11 is 0. The highest BCUT2D eigenvalue weighted by atomic mass is 19.1. The second-order valence-corrected chi connectivity index (χ2v) is 6.37. The molecule has 1 unspecified atom stereocenters. The fourth-order valence-electron chi connectivity index (χ4n) is 3.28. The molecule has 0 aromatic rings. The van der Waals surface area contributed by atoms with E-state index in [-0.39, 0.29) is 5.91 Å². The van der Waals surface area contributed by atoms with Gasteiger partial charge in [-0.05, 0) is 26.3 Å². The number of morpholine rings is 1. The number of hydrogen-bond donors (Lipinski definition) is 0. The van der Waals surface area contributed by atoms with Crippen molar-refractivity contribution in [2.45, 2.75) is 30.5 Å². The van der Waals surface area contributed by atoms with Crippen LogP contribution in [0.15, 0.2) is 0 Å². The lowest BCUT2D eigenvalue weighted by atomic mass is 9.80. The molecule has 2 heterocycles. The molecule has 1 spiro atoms. The van der Waals surface area contributed by atoms with E-state index in [2.05, 4.69) is 4.90 Å². The Balaban J connectivity index is 1.70. The van der Waals surface area contributed by atoms with Crippen LogP contribution in [0.1, 0.15) is 19.3 Å². The number of ether oxygens (including phenoxy) is 2. The minimum atomic E-state index is -1.62. The lowest BCUT2D eigenvalue weighted by molar-refractivity contribution is -0.174. The average molecular weight is 286 g/mol. The zero-order valence-corrected chi connectivity index (χ0v) is 12.1. The molecule has 3 fully saturated rings. The van der Waals surface area contributed by atoms with E-state index in [1.54, 1.807) is 4.90 Å². The van der Waals surface area contributed by atoms with Crippen LogP contribution in [0, 0.1) is 0 Å². The Hall–Kier alpha value is -0.720. The minimum absolute atomic E-state index is 0.349. The standard InChI is InChI=1S/C14H23FN2O3/c1-16-5-7-19-11-13(9-16)10-17(6-8-20-13)12(18)14(15)3-2-4-14/h2-11H2,1H3. The van der Waals surface area contributed by atoms with Crippen molar-refractivity contribution in [1.29, 1.82) is 0 Å². The smallest absolute Gasteiger partial charge is 0.260 e. The highest BCUT2D eigenvalue weighted by molar-refractivity contribution is 5.86. The van der Waals surface area contributed by atoms with Crippen molar-refractivity contribution >= 4 is 5.91 Å². The van der Waals surface area contributed by atoms with Crippen LogP contribution in [-0.4, -0.2) is 80.0 Å². The number of nitrogens with zero attached hydrogens (tertiary/aromatic N) is 2. The van der Waals surface area contributed by atoms with Crippen LogP contribution >= 0.6 is 0 Å². The third-order valence-corrected chi connectivity index (χ3v) is 4.61. The van der Waals surface area contributed by atoms with Gasteiger partial charge in [0.25, 0.3) is 5.91 Å². The molecule has 114 valence electrons. The summed E-state index contributed by atoms with van der Waals surface area (Å²) in [5.41, 5.74) is -2.12. The van der Waals surface area contributed by atoms with Gasteiger partial charge >= 0.3 is 0 Å². The molecule has 0 radical (unpaired) electrons. The third-order valence-electron chi connectivity index (χ3n) is 4.61. The average Bonchev–Trinajstić information content (AvgIpc) is 2.57. The van der Waals surface area contributed by atoms with Crippen molar-refractivity contribution in [3.8, 4) is 0 Å². The lowest BCUT2D eigenvalue weighted by Gasteiger charge is -2.45. The maximum absolute atomic E-state index is 14.3. The highest BCUT2D eigenvalue weighted by Crippen LogP contribution is 2.38. The molecule has 0 bridgehead atoms. The van der Waals surface area contributed by atoms with Crippen molar-refractivity contribution < 1.29 is 18.7 Å². The van der Waals surface area contributed by atoms with Crippen molar-refractivity contribution in [3.63, 3.8) is 0 Å². The maximum atomic E-state index is 14.3. The number of likely N-dealkylation sites (N-methyl/N-ethyl adjacent to an activating group) is 1. The number of alkyl halides is 1. The molecule has 2 aliphatic heterocycles. The first-order valence-electron chi connectivity index (χ1n) is 7.42. The first kappa shape index (κ1) is 14.2. The summed E-state index contributed by atoms with van der Waals surface area (Å²) in [6, 6.07) is 0. The molecule has 5 nitrogen and oxygen atoms in total. The van der Waals surface area contributed by atoms with E-state index >= 15 is 0 Å². The second kappa shape index (κ2) is 5.24. The molecule has 6 heteroatoms. The molecule has 2 saturated heterocycles. The molecular formula is C14H23FN2O3. The fourth-order valence-corrected chi connectivity index (χ4v) is 3.28. The van der Waals surface area contributed by atoms with Crippen LogP contribution in [0.3, 0.4) is 0 Å². The normalized spacial score (nSPS) is 34.6. The molecule has 1 amide bonds. The lowest BCUT2D eigenvalue weighted by Crippen LogP contribution is -2.62. The van der Waals surface area contributed by atoms with Crippen LogP contribution in [0.25, 0.3) is 0 Å². The molecule has 0 aromatic heterocycles. The topological polar surface area (TPSA) is 42.0 Å². The monoisotopic (exact) mass is 286 g/mol. The Labute approximate surface area is 119 Å².